The monoisotopic (exact) mass is 444 g/mol. The first-order valence-corrected chi connectivity index (χ1v) is 10.9. The maximum Gasteiger partial charge on any atom is 0.296 e. The second-order valence-electron chi connectivity index (χ2n) is 6.84. The second kappa shape index (κ2) is 8.87. The summed E-state index contributed by atoms with van der Waals surface area (Å²) in [5.41, 5.74) is 9.28. The van der Waals surface area contributed by atoms with E-state index in [1.807, 2.05) is 31.2 Å². The van der Waals surface area contributed by atoms with Crippen LogP contribution in [0.1, 0.15) is 16.7 Å². The first kappa shape index (κ1) is 21.8. The van der Waals surface area contributed by atoms with Gasteiger partial charge in [-0.1, -0.05) is 54.1 Å². The van der Waals surface area contributed by atoms with E-state index in [-0.39, 0.29) is 15.8 Å². The molecule has 156 valence electrons. The predicted molar refractivity (Wildman–Crippen MR) is 118 cm³/mol. The molecule has 0 aromatic heterocycles. The van der Waals surface area contributed by atoms with E-state index >= 15 is 0 Å². The largest absolute Gasteiger partial charge is 0.493 e. The fourth-order valence-electron chi connectivity index (χ4n) is 3.06. The Morgan fingerprint density at radius 2 is 1.83 bits per heavy atom. The van der Waals surface area contributed by atoms with Crippen LogP contribution in [0.15, 0.2) is 65.6 Å². The SMILES string of the molecule is Cc1cc(OCCc2ccc(C(=N)N)cc2)cc(-c2cccc(S(=O)(=O)O)c2Cl)c1. The zero-order valence-corrected chi connectivity index (χ0v) is 17.8. The van der Waals surface area contributed by atoms with Crippen molar-refractivity contribution in [3.63, 3.8) is 0 Å². The van der Waals surface area contributed by atoms with Crippen LogP contribution in [0.5, 0.6) is 5.75 Å². The topological polar surface area (TPSA) is 113 Å². The Kier molecular flexibility index (Phi) is 6.45. The Hall–Kier alpha value is -2.87. The molecule has 8 heteroatoms. The molecule has 0 aliphatic heterocycles. The van der Waals surface area contributed by atoms with Gasteiger partial charge in [0.15, 0.2) is 0 Å². The summed E-state index contributed by atoms with van der Waals surface area (Å²) in [6.07, 6.45) is 0.667. The van der Waals surface area contributed by atoms with E-state index < -0.39 is 10.1 Å². The number of nitrogens with two attached hydrogens (primary N) is 1. The summed E-state index contributed by atoms with van der Waals surface area (Å²) in [5, 5.41) is 7.39. The Balaban J connectivity index is 1.78. The van der Waals surface area contributed by atoms with Gasteiger partial charge in [-0.05, 0) is 41.8 Å². The Bertz CT molecular complexity index is 1190. The number of nitrogen functional groups attached to an aromatic ring is 1. The molecule has 0 saturated carbocycles. The Morgan fingerprint density at radius 1 is 1.13 bits per heavy atom. The van der Waals surface area contributed by atoms with Gasteiger partial charge in [0, 0.05) is 17.5 Å². The molecule has 0 atom stereocenters. The number of hydrogen-bond donors (Lipinski definition) is 3. The first-order chi connectivity index (χ1) is 14.1. The molecule has 3 rings (SSSR count). The van der Waals surface area contributed by atoms with Gasteiger partial charge >= 0.3 is 0 Å². The molecule has 0 amide bonds. The maximum atomic E-state index is 11.5. The lowest BCUT2D eigenvalue weighted by Crippen LogP contribution is -2.10. The molecular weight excluding hydrogens is 424 g/mol. The average Bonchev–Trinajstić information content (AvgIpc) is 2.67. The number of amidine groups is 1. The smallest absolute Gasteiger partial charge is 0.296 e. The lowest BCUT2D eigenvalue weighted by atomic mass is 10.0. The number of aryl methyl sites for hydroxylation is 1. The molecule has 3 aromatic carbocycles. The van der Waals surface area contributed by atoms with Crippen LogP contribution in [0.4, 0.5) is 0 Å². The fourth-order valence-corrected chi connectivity index (χ4v) is 4.17. The number of ether oxygens (including phenoxy) is 1. The molecule has 0 aliphatic rings. The van der Waals surface area contributed by atoms with Gasteiger partial charge < -0.3 is 10.5 Å². The second-order valence-corrected chi connectivity index (χ2v) is 8.60. The lowest BCUT2D eigenvalue weighted by molar-refractivity contribution is 0.322. The standard InChI is InChI=1S/C22H21ClN2O4S/c1-14-11-17(19-3-2-4-20(21(19)23)30(26,27)28)13-18(12-14)29-10-9-15-5-7-16(8-6-15)22(24)25/h2-8,11-13H,9-10H2,1H3,(H3,24,25)(H,26,27,28). The van der Waals surface area contributed by atoms with Gasteiger partial charge in [0.2, 0.25) is 0 Å². The van der Waals surface area contributed by atoms with Gasteiger partial charge in [0.1, 0.15) is 16.5 Å². The van der Waals surface area contributed by atoms with Crippen molar-refractivity contribution in [3.05, 3.63) is 82.4 Å². The van der Waals surface area contributed by atoms with Crippen LogP contribution in [-0.2, 0) is 16.5 Å². The van der Waals surface area contributed by atoms with Crippen molar-refractivity contribution in [3.8, 4) is 16.9 Å². The van der Waals surface area contributed by atoms with Crippen molar-refractivity contribution in [1.82, 2.24) is 0 Å². The minimum absolute atomic E-state index is 0.0295. The van der Waals surface area contributed by atoms with E-state index in [0.29, 0.717) is 35.5 Å². The van der Waals surface area contributed by atoms with E-state index in [0.717, 1.165) is 11.1 Å². The van der Waals surface area contributed by atoms with E-state index in [1.54, 1.807) is 24.3 Å². The summed E-state index contributed by atoms with van der Waals surface area (Å²) in [6.45, 7) is 2.33. The van der Waals surface area contributed by atoms with Crippen molar-refractivity contribution in [2.45, 2.75) is 18.2 Å². The molecule has 0 spiro atoms. The highest BCUT2D eigenvalue weighted by atomic mass is 35.5. The first-order valence-electron chi connectivity index (χ1n) is 9.09. The molecule has 30 heavy (non-hydrogen) atoms. The highest BCUT2D eigenvalue weighted by Crippen LogP contribution is 2.35. The average molecular weight is 445 g/mol. The number of hydrogen-bond acceptors (Lipinski definition) is 4. The zero-order chi connectivity index (χ0) is 21.9. The third kappa shape index (κ3) is 5.18. The molecular formula is C22H21ClN2O4S. The third-order valence-electron chi connectivity index (χ3n) is 4.53. The Morgan fingerprint density at radius 3 is 2.47 bits per heavy atom. The van der Waals surface area contributed by atoms with Crippen molar-refractivity contribution in [1.29, 1.82) is 5.41 Å². The minimum atomic E-state index is -4.42. The van der Waals surface area contributed by atoms with Crippen molar-refractivity contribution >= 4 is 27.6 Å². The van der Waals surface area contributed by atoms with Gasteiger partial charge in [0.25, 0.3) is 10.1 Å². The molecule has 0 saturated heterocycles. The van der Waals surface area contributed by atoms with Crippen LogP contribution < -0.4 is 10.5 Å². The summed E-state index contributed by atoms with van der Waals surface area (Å²) in [5.74, 6) is 0.653. The molecule has 0 aliphatic carbocycles. The highest BCUT2D eigenvalue weighted by Gasteiger charge is 2.18. The lowest BCUT2D eigenvalue weighted by Gasteiger charge is -2.12. The van der Waals surface area contributed by atoms with Gasteiger partial charge in [-0.25, -0.2) is 0 Å². The summed E-state index contributed by atoms with van der Waals surface area (Å²) in [7, 11) is -4.42. The summed E-state index contributed by atoms with van der Waals surface area (Å²) in [6, 6.07) is 17.4. The molecule has 0 radical (unpaired) electrons. The zero-order valence-electron chi connectivity index (χ0n) is 16.2. The van der Waals surface area contributed by atoms with Gasteiger partial charge in [0.05, 0.1) is 11.6 Å². The molecule has 6 nitrogen and oxygen atoms in total. The number of rotatable bonds is 7. The van der Waals surface area contributed by atoms with Crippen LogP contribution in [-0.4, -0.2) is 25.4 Å². The maximum absolute atomic E-state index is 11.5. The van der Waals surface area contributed by atoms with Crippen molar-refractivity contribution in [2.24, 2.45) is 5.73 Å². The van der Waals surface area contributed by atoms with Crippen LogP contribution in [0.2, 0.25) is 5.02 Å². The Labute approximate surface area is 180 Å². The number of halogens is 1. The molecule has 0 fully saturated rings. The fraction of sp³-hybridized carbons (Fsp3) is 0.136. The van der Waals surface area contributed by atoms with E-state index in [2.05, 4.69) is 0 Å². The molecule has 4 N–H and O–H groups in total. The van der Waals surface area contributed by atoms with Gasteiger partial charge in [-0.3, -0.25) is 9.96 Å². The molecule has 3 aromatic rings. The van der Waals surface area contributed by atoms with Crippen molar-refractivity contribution < 1.29 is 17.7 Å². The summed E-state index contributed by atoms with van der Waals surface area (Å²) in [4.78, 5) is -0.334. The van der Waals surface area contributed by atoms with Crippen LogP contribution in [0.3, 0.4) is 0 Å². The van der Waals surface area contributed by atoms with E-state index in [4.69, 9.17) is 27.5 Å². The predicted octanol–water partition coefficient (Wildman–Crippen LogP) is 4.47. The van der Waals surface area contributed by atoms with Crippen LogP contribution >= 0.6 is 11.6 Å². The van der Waals surface area contributed by atoms with Crippen LogP contribution in [0, 0.1) is 12.3 Å². The normalized spacial score (nSPS) is 11.3. The summed E-state index contributed by atoms with van der Waals surface area (Å²) >= 11 is 6.25. The minimum Gasteiger partial charge on any atom is -0.493 e. The van der Waals surface area contributed by atoms with Crippen molar-refractivity contribution in [2.75, 3.05) is 6.61 Å². The summed E-state index contributed by atoms with van der Waals surface area (Å²) < 4.78 is 38.3. The number of nitrogens with one attached hydrogen (secondary N) is 1. The highest BCUT2D eigenvalue weighted by molar-refractivity contribution is 7.86. The molecule has 0 unspecified atom stereocenters. The van der Waals surface area contributed by atoms with E-state index in [9.17, 15) is 13.0 Å². The number of benzene rings is 3. The molecule has 0 heterocycles. The molecule has 0 bridgehead atoms. The van der Waals surface area contributed by atoms with E-state index in [1.165, 1.54) is 12.1 Å². The third-order valence-corrected chi connectivity index (χ3v) is 5.94. The van der Waals surface area contributed by atoms with Crippen LogP contribution in [0.25, 0.3) is 11.1 Å². The van der Waals surface area contributed by atoms with Gasteiger partial charge in [-0.2, -0.15) is 8.42 Å². The van der Waals surface area contributed by atoms with Gasteiger partial charge in [-0.15, -0.1) is 0 Å². The quantitative estimate of drug-likeness (QED) is 0.282.